The molecule has 6 nitrogen and oxygen atoms in total. The lowest BCUT2D eigenvalue weighted by Gasteiger charge is -2.17. The molecule has 0 aliphatic carbocycles. The van der Waals surface area contributed by atoms with Crippen LogP contribution in [0.5, 0.6) is 0 Å². The molecule has 168 valence electrons. The van der Waals surface area contributed by atoms with Crippen molar-refractivity contribution in [1.29, 1.82) is 0 Å². The van der Waals surface area contributed by atoms with Gasteiger partial charge < -0.3 is 15.6 Å². The summed E-state index contributed by atoms with van der Waals surface area (Å²) in [6.45, 7) is 0. The fourth-order valence-corrected chi connectivity index (χ4v) is 4.37. The molecule has 3 aromatic carbocycles. The molecule has 0 aliphatic heterocycles. The molecule has 0 unspecified atom stereocenters. The maximum Gasteiger partial charge on any atom is 0.265 e. The van der Waals surface area contributed by atoms with Gasteiger partial charge in [-0.2, -0.15) is 0 Å². The number of para-hydroxylation sites is 2. The van der Waals surface area contributed by atoms with Crippen molar-refractivity contribution < 1.29 is 9.59 Å². The molecule has 0 spiro atoms. The molecule has 0 saturated heterocycles. The van der Waals surface area contributed by atoms with Crippen molar-refractivity contribution in [1.82, 2.24) is 15.3 Å². The Balaban J connectivity index is 1.34. The van der Waals surface area contributed by atoms with Crippen molar-refractivity contribution in [2.75, 3.05) is 5.32 Å². The van der Waals surface area contributed by atoms with E-state index in [0.29, 0.717) is 28.4 Å². The number of hydrogen-bond acceptors (Lipinski definition) is 4. The Hall–Kier alpha value is -4.23. The first-order valence-electron chi connectivity index (χ1n) is 10.9. The summed E-state index contributed by atoms with van der Waals surface area (Å²) in [5.74, 6) is 0.329. The number of rotatable bonds is 7. The molecule has 2 amide bonds. The highest BCUT2D eigenvalue weighted by Crippen LogP contribution is 2.21. The Morgan fingerprint density at radius 1 is 0.853 bits per heavy atom. The second-order valence-electron chi connectivity index (χ2n) is 7.86. The Morgan fingerprint density at radius 3 is 2.35 bits per heavy atom. The Kier molecular flexibility index (Phi) is 6.18. The summed E-state index contributed by atoms with van der Waals surface area (Å²) < 4.78 is 0. The summed E-state index contributed by atoms with van der Waals surface area (Å²) in [6.07, 6.45) is 0.599. The molecule has 5 aromatic rings. The van der Waals surface area contributed by atoms with Crippen LogP contribution >= 0.6 is 11.3 Å². The first-order valence-corrected chi connectivity index (χ1v) is 11.8. The van der Waals surface area contributed by atoms with Gasteiger partial charge in [-0.15, -0.1) is 11.3 Å². The smallest absolute Gasteiger partial charge is 0.265 e. The standard InChI is InChI=1S/C27H22N4O2S/c32-26(19-12-14-20(15-13-19)28-27(33)24-11-6-16-34-24)31-23(17-18-7-2-1-3-8-18)25-29-21-9-4-5-10-22(21)30-25/h1-16,23H,17H2,(H,28,33)(H,29,30)(H,31,32)/t23-/m0/s1. The number of thiophene rings is 1. The van der Waals surface area contributed by atoms with Gasteiger partial charge in [-0.25, -0.2) is 4.98 Å². The van der Waals surface area contributed by atoms with Crippen LogP contribution < -0.4 is 10.6 Å². The van der Waals surface area contributed by atoms with Gasteiger partial charge in [-0.05, 0) is 59.8 Å². The number of carbonyl (C=O) groups is 2. The van der Waals surface area contributed by atoms with E-state index in [2.05, 4.69) is 15.6 Å². The monoisotopic (exact) mass is 466 g/mol. The summed E-state index contributed by atoms with van der Waals surface area (Å²) in [6, 6.07) is 28.0. The Bertz CT molecular complexity index is 1380. The van der Waals surface area contributed by atoms with Gasteiger partial charge in [0.25, 0.3) is 11.8 Å². The average molecular weight is 467 g/mol. The number of aromatic nitrogens is 2. The van der Waals surface area contributed by atoms with E-state index in [1.54, 1.807) is 30.3 Å². The van der Waals surface area contributed by atoms with Gasteiger partial charge in [-0.3, -0.25) is 9.59 Å². The van der Waals surface area contributed by atoms with E-state index in [0.717, 1.165) is 16.6 Å². The number of nitrogens with one attached hydrogen (secondary N) is 3. The fraction of sp³-hybridized carbons (Fsp3) is 0.0741. The quantitative estimate of drug-likeness (QED) is 0.292. The van der Waals surface area contributed by atoms with Crippen LogP contribution in [0.3, 0.4) is 0 Å². The molecule has 7 heteroatoms. The van der Waals surface area contributed by atoms with Crippen LogP contribution in [-0.4, -0.2) is 21.8 Å². The molecule has 2 heterocycles. The van der Waals surface area contributed by atoms with Crippen LogP contribution in [0.1, 0.15) is 37.5 Å². The number of amides is 2. The summed E-state index contributed by atoms with van der Waals surface area (Å²) in [7, 11) is 0. The minimum Gasteiger partial charge on any atom is -0.342 e. The zero-order valence-electron chi connectivity index (χ0n) is 18.2. The summed E-state index contributed by atoms with van der Waals surface area (Å²) in [4.78, 5) is 34.1. The van der Waals surface area contributed by atoms with Crippen molar-refractivity contribution in [3.63, 3.8) is 0 Å². The van der Waals surface area contributed by atoms with Gasteiger partial charge in [0.15, 0.2) is 0 Å². The zero-order valence-corrected chi connectivity index (χ0v) is 19.0. The van der Waals surface area contributed by atoms with Gasteiger partial charge in [0.05, 0.1) is 22.0 Å². The predicted molar refractivity (Wildman–Crippen MR) is 135 cm³/mol. The van der Waals surface area contributed by atoms with Crippen LogP contribution in [0.4, 0.5) is 5.69 Å². The van der Waals surface area contributed by atoms with Crippen LogP contribution in [0.2, 0.25) is 0 Å². The summed E-state index contributed by atoms with van der Waals surface area (Å²) in [5.41, 5.74) is 4.02. The summed E-state index contributed by atoms with van der Waals surface area (Å²) >= 11 is 1.38. The number of nitrogens with zero attached hydrogens (tertiary/aromatic N) is 1. The van der Waals surface area contributed by atoms with Crippen molar-refractivity contribution >= 4 is 39.9 Å². The van der Waals surface area contributed by atoms with E-state index in [4.69, 9.17) is 4.98 Å². The normalized spacial score (nSPS) is 11.8. The first-order chi connectivity index (χ1) is 16.7. The number of fused-ring (bicyclic) bond motifs is 1. The van der Waals surface area contributed by atoms with E-state index in [9.17, 15) is 9.59 Å². The van der Waals surface area contributed by atoms with E-state index in [1.807, 2.05) is 66.0 Å². The number of anilines is 1. The predicted octanol–water partition coefficient (Wildman–Crippen LogP) is 5.59. The zero-order chi connectivity index (χ0) is 23.3. The second-order valence-corrected chi connectivity index (χ2v) is 8.81. The first kappa shape index (κ1) is 21.6. The van der Waals surface area contributed by atoms with E-state index >= 15 is 0 Å². The molecule has 0 fully saturated rings. The maximum absolute atomic E-state index is 13.1. The third kappa shape index (κ3) is 4.89. The van der Waals surface area contributed by atoms with Gasteiger partial charge in [0, 0.05) is 11.3 Å². The SMILES string of the molecule is O=C(N[C@@H](Cc1ccccc1)c1nc2ccccc2[nH]1)c1ccc(NC(=O)c2cccs2)cc1. The highest BCUT2D eigenvalue weighted by Gasteiger charge is 2.20. The lowest BCUT2D eigenvalue weighted by molar-refractivity contribution is 0.0934. The molecule has 0 aliphatic rings. The number of imidazole rings is 1. The molecule has 0 radical (unpaired) electrons. The Morgan fingerprint density at radius 2 is 1.62 bits per heavy atom. The molecule has 34 heavy (non-hydrogen) atoms. The molecule has 3 N–H and O–H groups in total. The molecule has 1 atom stereocenters. The number of benzene rings is 3. The molecule has 2 aromatic heterocycles. The largest absolute Gasteiger partial charge is 0.342 e. The van der Waals surface area contributed by atoms with Crippen molar-refractivity contribution in [2.45, 2.75) is 12.5 Å². The average Bonchev–Trinajstić information content (AvgIpc) is 3.55. The van der Waals surface area contributed by atoms with Crippen LogP contribution in [-0.2, 0) is 6.42 Å². The van der Waals surface area contributed by atoms with Gasteiger partial charge in [0.1, 0.15) is 5.82 Å². The third-order valence-electron chi connectivity index (χ3n) is 5.48. The molecule has 0 saturated carbocycles. The molecule has 0 bridgehead atoms. The number of hydrogen-bond donors (Lipinski definition) is 3. The van der Waals surface area contributed by atoms with Gasteiger partial charge in [-0.1, -0.05) is 48.5 Å². The molecular formula is C27H22N4O2S. The third-order valence-corrected chi connectivity index (χ3v) is 6.34. The highest BCUT2D eigenvalue weighted by molar-refractivity contribution is 7.12. The van der Waals surface area contributed by atoms with Crippen molar-refractivity contribution in [2.24, 2.45) is 0 Å². The minimum absolute atomic E-state index is 0.167. The van der Waals surface area contributed by atoms with E-state index in [1.165, 1.54) is 11.3 Å². The lowest BCUT2D eigenvalue weighted by atomic mass is 10.0. The number of H-pyrrole nitrogens is 1. The summed E-state index contributed by atoms with van der Waals surface area (Å²) in [5, 5.41) is 7.83. The van der Waals surface area contributed by atoms with Crippen LogP contribution in [0.15, 0.2) is 96.4 Å². The number of carbonyl (C=O) groups excluding carboxylic acids is 2. The van der Waals surface area contributed by atoms with Crippen molar-refractivity contribution in [3.8, 4) is 0 Å². The lowest BCUT2D eigenvalue weighted by Crippen LogP contribution is -2.30. The van der Waals surface area contributed by atoms with Crippen LogP contribution in [0.25, 0.3) is 11.0 Å². The number of aromatic amines is 1. The van der Waals surface area contributed by atoms with E-state index in [-0.39, 0.29) is 17.9 Å². The van der Waals surface area contributed by atoms with Gasteiger partial charge >= 0.3 is 0 Å². The minimum atomic E-state index is -0.333. The van der Waals surface area contributed by atoms with Crippen LogP contribution in [0, 0.1) is 0 Å². The topological polar surface area (TPSA) is 86.9 Å². The van der Waals surface area contributed by atoms with Gasteiger partial charge in [0.2, 0.25) is 0 Å². The van der Waals surface area contributed by atoms with E-state index < -0.39 is 0 Å². The molecular weight excluding hydrogens is 444 g/mol. The molecule has 5 rings (SSSR count). The fourth-order valence-electron chi connectivity index (χ4n) is 3.75. The Labute approximate surface area is 200 Å². The maximum atomic E-state index is 13.1. The second kappa shape index (κ2) is 9.72. The highest BCUT2D eigenvalue weighted by atomic mass is 32.1. The van der Waals surface area contributed by atoms with Crippen molar-refractivity contribution in [3.05, 3.63) is 118 Å².